The van der Waals surface area contributed by atoms with Gasteiger partial charge in [-0.15, -0.1) is 0 Å². The third-order valence-electron chi connectivity index (χ3n) is 2.00. The van der Waals surface area contributed by atoms with Crippen molar-refractivity contribution in [1.82, 2.24) is 0 Å². The van der Waals surface area contributed by atoms with Crippen molar-refractivity contribution in [3.05, 3.63) is 48.6 Å². The molecule has 0 aliphatic heterocycles. The summed E-state index contributed by atoms with van der Waals surface area (Å²) in [5.41, 5.74) is 0. The Kier molecular flexibility index (Phi) is 5.87. The Balaban J connectivity index is 2.38. The van der Waals surface area contributed by atoms with Crippen molar-refractivity contribution in [2.75, 3.05) is 0 Å². The molecule has 13 heavy (non-hydrogen) atoms. The summed E-state index contributed by atoms with van der Waals surface area (Å²) in [6, 6.07) is 0. The van der Waals surface area contributed by atoms with Crippen molar-refractivity contribution in [2.24, 2.45) is 0 Å². The second-order valence-electron chi connectivity index (χ2n) is 3.20. The van der Waals surface area contributed by atoms with Crippen LogP contribution in [0.5, 0.6) is 0 Å². The van der Waals surface area contributed by atoms with Crippen molar-refractivity contribution in [2.45, 2.75) is 32.1 Å². The number of allylic oxidation sites excluding steroid dienone is 8. The predicted octanol–water partition coefficient (Wildman–Crippen LogP) is 4.18. The summed E-state index contributed by atoms with van der Waals surface area (Å²) >= 11 is 0. The lowest BCUT2D eigenvalue weighted by molar-refractivity contribution is 0.864. The topological polar surface area (TPSA) is 0 Å². The van der Waals surface area contributed by atoms with Crippen LogP contribution >= 0.6 is 0 Å². The van der Waals surface area contributed by atoms with Gasteiger partial charge in [-0.1, -0.05) is 48.6 Å². The molecule has 1 aliphatic rings. The Hall–Kier alpha value is -1.04. The molecular weight excluding hydrogens is 156 g/mol. The number of hydrogen-bond acceptors (Lipinski definition) is 0. The zero-order valence-corrected chi connectivity index (χ0v) is 8.15. The van der Waals surface area contributed by atoms with Gasteiger partial charge in [0.2, 0.25) is 0 Å². The Morgan fingerprint density at radius 2 is 1.08 bits per heavy atom. The summed E-state index contributed by atoms with van der Waals surface area (Å²) in [5.74, 6) is 0. The minimum Gasteiger partial charge on any atom is -0.0882 e. The van der Waals surface area contributed by atoms with E-state index in [0.717, 1.165) is 12.8 Å². The van der Waals surface area contributed by atoms with Crippen LogP contribution in [0.3, 0.4) is 0 Å². The third-order valence-corrected chi connectivity index (χ3v) is 2.00. The fraction of sp³-hybridized carbons (Fsp3) is 0.385. The highest BCUT2D eigenvalue weighted by molar-refractivity contribution is 5.07. The maximum atomic E-state index is 2.28. The first-order valence-corrected chi connectivity index (χ1v) is 5.12. The van der Waals surface area contributed by atoms with E-state index in [-0.39, 0.29) is 0 Å². The summed E-state index contributed by atoms with van der Waals surface area (Å²) < 4.78 is 0. The summed E-state index contributed by atoms with van der Waals surface area (Å²) in [5, 5.41) is 0. The van der Waals surface area contributed by atoms with E-state index >= 15 is 0 Å². The molecule has 0 radical (unpaired) electrons. The normalized spacial score (nSPS) is 26.5. The molecule has 0 fully saturated rings. The molecule has 0 heterocycles. The van der Waals surface area contributed by atoms with Gasteiger partial charge in [0.25, 0.3) is 0 Å². The van der Waals surface area contributed by atoms with Gasteiger partial charge in [0.05, 0.1) is 0 Å². The lowest BCUT2D eigenvalue weighted by atomic mass is 10.2. The fourth-order valence-electron chi connectivity index (χ4n) is 1.25. The molecule has 0 nitrogen and oxygen atoms in total. The maximum absolute atomic E-state index is 2.28. The first kappa shape index (κ1) is 10.0. The summed E-state index contributed by atoms with van der Waals surface area (Å²) in [4.78, 5) is 0. The zero-order chi connectivity index (χ0) is 9.19. The van der Waals surface area contributed by atoms with Crippen molar-refractivity contribution in [3.63, 3.8) is 0 Å². The molecule has 1 rings (SSSR count). The zero-order valence-electron chi connectivity index (χ0n) is 8.15. The van der Waals surface area contributed by atoms with Crippen LogP contribution in [0.2, 0.25) is 0 Å². The van der Waals surface area contributed by atoms with E-state index in [1.54, 1.807) is 0 Å². The molecule has 0 spiro atoms. The fourth-order valence-corrected chi connectivity index (χ4v) is 1.25. The molecule has 0 bridgehead atoms. The molecule has 0 saturated heterocycles. The molecule has 0 saturated carbocycles. The van der Waals surface area contributed by atoms with Crippen LogP contribution < -0.4 is 0 Å². The van der Waals surface area contributed by atoms with Crippen molar-refractivity contribution in [3.8, 4) is 0 Å². The van der Waals surface area contributed by atoms with E-state index in [9.17, 15) is 0 Å². The van der Waals surface area contributed by atoms with E-state index in [2.05, 4.69) is 48.6 Å². The molecule has 0 heteroatoms. The number of rotatable bonds is 0. The summed E-state index contributed by atoms with van der Waals surface area (Å²) in [6.07, 6.45) is 23.5. The van der Waals surface area contributed by atoms with Crippen LogP contribution in [-0.2, 0) is 0 Å². The first-order chi connectivity index (χ1) is 6.50. The van der Waals surface area contributed by atoms with Crippen LogP contribution in [0.15, 0.2) is 48.6 Å². The van der Waals surface area contributed by atoms with E-state index in [1.165, 1.54) is 19.3 Å². The monoisotopic (exact) mass is 174 g/mol. The average Bonchev–Trinajstić information content (AvgIpc) is 2.18. The van der Waals surface area contributed by atoms with E-state index in [1.807, 2.05) is 0 Å². The lowest BCUT2D eigenvalue weighted by Crippen LogP contribution is -1.69. The molecular formula is C13H18. The molecule has 0 N–H and O–H groups in total. The van der Waals surface area contributed by atoms with Gasteiger partial charge in [-0.3, -0.25) is 0 Å². The largest absolute Gasteiger partial charge is 0.0882 e. The minimum absolute atomic E-state index is 1.07. The summed E-state index contributed by atoms with van der Waals surface area (Å²) in [6.45, 7) is 0. The van der Waals surface area contributed by atoms with Gasteiger partial charge in [-0.25, -0.2) is 0 Å². The van der Waals surface area contributed by atoms with Crippen LogP contribution in [0.4, 0.5) is 0 Å². The van der Waals surface area contributed by atoms with Gasteiger partial charge in [-0.05, 0) is 32.1 Å². The van der Waals surface area contributed by atoms with Gasteiger partial charge in [0.15, 0.2) is 0 Å². The Morgan fingerprint density at radius 1 is 0.538 bits per heavy atom. The molecule has 0 aromatic rings. The van der Waals surface area contributed by atoms with Crippen LogP contribution in [0.25, 0.3) is 0 Å². The predicted molar refractivity (Wildman–Crippen MR) is 59.6 cm³/mol. The smallest absolute Gasteiger partial charge is 0.0166 e. The molecule has 1 aliphatic carbocycles. The van der Waals surface area contributed by atoms with E-state index < -0.39 is 0 Å². The Bertz CT molecular complexity index is 192. The molecule has 0 aromatic heterocycles. The van der Waals surface area contributed by atoms with Crippen molar-refractivity contribution in [1.29, 1.82) is 0 Å². The Morgan fingerprint density at radius 3 is 1.62 bits per heavy atom. The van der Waals surface area contributed by atoms with Crippen LogP contribution in [0.1, 0.15) is 32.1 Å². The first-order valence-electron chi connectivity index (χ1n) is 5.12. The average molecular weight is 174 g/mol. The quantitative estimate of drug-likeness (QED) is 0.483. The van der Waals surface area contributed by atoms with Crippen LogP contribution in [0, 0.1) is 0 Å². The highest BCUT2D eigenvalue weighted by Gasteiger charge is 1.80. The SMILES string of the molecule is C1=CC/C=C/CCC/C=C\C/C=C\1. The van der Waals surface area contributed by atoms with E-state index in [0.29, 0.717) is 0 Å². The molecule has 0 atom stereocenters. The van der Waals surface area contributed by atoms with E-state index in [4.69, 9.17) is 0 Å². The maximum Gasteiger partial charge on any atom is -0.0166 e. The van der Waals surface area contributed by atoms with Crippen molar-refractivity contribution < 1.29 is 0 Å². The Labute approximate surface area is 81.4 Å². The standard InChI is InChI=1S/C13H18/c1-2-4-6-8-10-12-13-11-9-7-5-3-1/h1-4,7-10H,5-6,11-13H2/b3-1-,4-2?,9-7-,10-8+. The lowest BCUT2D eigenvalue weighted by Gasteiger charge is -1.89. The molecule has 0 unspecified atom stereocenters. The second-order valence-corrected chi connectivity index (χ2v) is 3.20. The highest BCUT2D eigenvalue weighted by atomic mass is 13.9. The molecule has 0 amide bonds. The third kappa shape index (κ3) is 6.15. The highest BCUT2D eigenvalue weighted by Crippen LogP contribution is 2.01. The molecule has 70 valence electrons. The van der Waals surface area contributed by atoms with Gasteiger partial charge in [0, 0.05) is 0 Å². The van der Waals surface area contributed by atoms with Gasteiger partial charge < -0.3 is 0 Å². The second kappa shape index (κ2) is 7.60. The molecule has 0 aromatic carbocycles. The number of hydrogen-bond donors (Lipinski definition) is 0. The summed E-state index contributed by atoms with van der Waals surface area (Å²) in [7, 11) is 0. The van der Waals surface area contributed by atoms with Gasteiger partial charge in [0.1, 0.15) is 0 Å². The van der Waals surface area contributed by atoms with Crippen LogP contribution in [-0.4, -0.2) is 0 Å². The van der Waals surface area contributed by atoms with Crippen molar-refractivity contribution >= 4 is 0 Å². The minimum atomic E-state index is 1.07. The van der Waals surface area contributed by atoms with Gasteiger partial charge >= 0.3 is 0 Å². The van der Waals surface area contributed by atoms with Gasteiger partial charge in [-0.2, -0.15) is 0 Å².